The van der Waals surface area contributed by atoms with Gasteiger partial charge in [0.25, 0.3) is 0 Å². The zero-order valence-corrected chi connectivity index (χ0v) is 13.5. The Morgan fingerprint density at radius 1 is 1.09 bits per heavy atom. The van der Waals surface area contributed by atoms with E-state index in [0.29, 0.717) is 5.75 Å². The molecule has 0 aliphatic rings. The Morgan fingerprint density at radius 3 is 2.00 bits per heavy atom. The molecular formula is C17H22O5. The second kappa shape index (κ2) is 7.64. The van der Waals surface area contributed by atoms with Crippen LogP contribution in [0.2, 0.25) is 0 Å². The van der Waals surface area contributed by atoms with Gasteiger partial charge in [-0.3, -0.25) is 9.59 Å². The number of carbonyl (C=O) groups excluding carboxylic acids is 2. The lowest BCUT2D eigenvalue weighted by molar-refractivity contribution is -0.168. The van der Waals surface area contributed by atoms with E-state index in [2.05, 4.69) is 23.0 Å². The molecular weight excluding hydrogens is 284 g/mol. The van der Waals surface area contributed by atoms with Crippen LogP contribution in [0.5, 0.6) is 5.75 Å². The van der Waals surface area contributed by atoms with Crippen molar-refractivity contribution in [3.8, 4) is 5.75 Å². The molecule has 0 fully saturated rings. The highest BCUT2D eigenvalue weighted by atomic mass is 16.5. The van der Waals surface area contributed by atoms with Crippen LogP contribution in [-0.2, 0) is 25.5 Å². The van der Waals surface area contributed by atoms with E-state index in [1.807, 2.05) is 24.3 Å². The minimum absolute atomic E-state index is 0.0259. The largest absolute Gasteiger partial charge is 0.468 e. The van der Waals surface area contributed by atoms with Crippen molar-refractivity contribution in [1.82, 2.24) is 0 Å². The molecule has 0 aliphatic carbocycles. The summed E-state index contributed by atoms with van der Waals surface area (Å²) in [4.78, 5) is 23.8. The number of hydrogen-bond acceptors (Lipinski definition) is 5. The second-order valence-electron chi connectivity index (χ2n) is 5.13. The van der Waals surface area contributed by atoms with Gasteiger partial charge in [-0.1, -0.05) is 25.6 Å². The van der Waals surface area contributed by atoms with E-state index < -0.39 is 17.4 Å². The number of allylic oxidation sites excluding steroid dienone is 1. The molecule has 0 heterocycles. The van der Waals surface area contributed by atoms with Gasteiger partial charge in [0.2, 0.25) is 0 Å². The van der Waals surface area contributed by atoms with Gasteiger partial charge in [0.15, 0.2) is 5.41 Å². The van der Waals surface area contributed by atoms with Crippen LogP contribution in [0.3, 0.4) is 0 Å². The smallest absolute Gasteiger partial charge is 0.323 e. The molecule has 5 heteroatoms. The van der Waals surface area contributed by atoms with Gasteiger partial charge in [0.05, 0.1) is 20.0 Å². The summed E-state index contributed by atoms with van der Waals surface area (Å²) < 4.78 is 15.0. The highest BCUT2D eigenvalue weighted by Gasteiger charge is 2.44. The number of esters is 2. The first-order chi connectivity index (χ1) is 10.4. The van der Waals surface area contributed by atoms with Crippen LogP contribution in [0.4, 0.5) is 0 Å². The third kappa shape index (κ3) is 4.10. The van der Waals surface area contributed by atoms with Gasteiger partial charge in [0, 0.05) is 6.42 Å². The van der Waals surface area contributed by atoms with Crippen molar-refractivity contribution < 1.29 is 23.8 Å². The Hall–Kier alpha value is -2.30. The lowest BCUT2D eigenvalue weighted by atomic mass is 9.86. The molecule has 0 amide bonds. The van der Waals surface area contributed by atoms with Crippen molar-refractivity contribution in [2.75, 3.05) is 14.2 Å². The van der Waals surface area contributed by atoms with Crippen molar-refractivity contribution in [3.63, 3.8) is 0 Å². The summed E-state index contributed by atoms with van der Waals surface area (Å²) in [5.74, 6) is -0.502. The van der Waals surface area contributed by atoms with Crippen LogP contribution in [0.15, 0.2) is 36.6 Å². The van der Waals surface area contributed by atoms with Crippen LogP contribution in [0, 0.1) is 5.41 Å². The first-order valence-electron chi connectivity index (χ1n) is 6.98. The molecule has 22 heavy (non-hydrogen) atoms. The number of rotatable bonds is 7. The fourth-order valence-corrected chi connectivity index (χ4v) is 2.07. The number of methoxy groups -OCH3 is 2. The van der Waals surface area contributed by atoms with Gasteiger partial charge in [-0.2, -0.15) is 0 Å². The van der Waals surface area contributed by atoms with E-state index in [-0.39, 0.29) is 12.2 Å². The second-order valence-corrected chi connectivity index (χ2v) is 5.13. The summed E-state index contributed by atoms with van der Waals surface area (Å²) in [6.07, 6.45) is 0.909. The van der Waals surface area contributed by atoms with Crippen LogP contribution < -0.4 is 4.74 Å². The average molecular weight is 306 g/mol. The van der Waals surface area contributed by atoms with Crippen molar-refractivity contribution in [3.05, 3.63) is 42.2 Å². The minimum Gasteiger partial charge on any atom is -0.468 e. The Balaban J connectivity index is 2.82. The van der Waals surface area contributed by atoms with Gasteiger partial charge in [-0.25, -0.2) is 0 Å². The SMILES string of the molecule is C=C(CC(C)(C(=O)OC)C(=O)OC)Oc1ccc(CC)cc1. The fraction of sp³-hybridized carbons (Fsp3) is 0.412. The summed E-state index contributed by atoms with van der Waals surface area (Å²) in [6, 6.07) is 7.53. The molecule has 0 saturated carbocycles. The predicted octanol–water partition coefficient (Wildman–Crippen LogP) is 2.88. The summed E-state index contributed by atoms with van der Waals surface area (Å²) >= 11 is 0. The molecule has 0 aromatic heterocycles. The maximum absolute atomic E-state index is 11.9. The molecule has 0 spiro atoms. The van der Waals surface area contributed by atoms with Gasteiger partial charge >= 0.3 is 11.9 Å². The molecule has 0 unspecified atom stereocenters. The fourth-order valence-electron chi connectivity index (χ4n) is 2.07. The van der Waals surface area contributed by atoms with E-state index in [9.17, 15) is 9.59 Å². The number of carbonyl (C=O) groups is 2. The maximum Gasteiger partial charge on any atom is 0.323 e. The Labute approximate surface area is 130 Å². The number of benzene rings is 1. The van der Waals surface area contributed by atoms with Gasteiger partial charge in [0.1, 0.15) is 5.75 Å². The van der Waals surface area contributed by atoms with E-state index in [1.54, 1.807) is 0 Å². The first-order valence-corrected chi connectivity index (χ1v) is 6.98. The van der Waals surface area contributed by atoms with Crippen molar-refractivity contribution in [1.29, 1.82) is 0 Å². The quantitative estimate of drug-likeness (QED) is 0.440. The highest BCUT2D eigenvalue weighted by molar-refractivity contribution is 5.99. The highest BCUT2D eigenvalue weighted by Crippen LogP contribution is 2.30. The predicted molar refractivity (Wildman–Crippen MR) is 82.3 cm³/mol. The average Bonchev–Trinajstić information content (AvgIpc) is 2.53. The normalized spacial score (nSPS) is 10.7. The molecule has 120 valence electrons. The minimum atomic E-state index is -1.48. The van der Waals surface area contributed by atoms with Crippen molar-refractivity contribution in [2.45, 2.75) is 26.7 Å². The maximum atomic E-state index is 11.9. The molecule has 1 rings (SSSR count). The Kier molecular flexibility index (Phi) is 6.16. The Bertz CT molecular complexity index is 529. The van der Waals surface area contributed by atoms with Crippen molar-refractivity contribution in [2.24, 2.45) is 5.41 Å². The number of ether oxygens (including phenoxy) is 3. The number of aryl methyl sites for hydroxylation is 1. The topological polar surface area (TPSA) is 61.8 Å². The van der Waals surface area contributed by atoms with Crippen LogP contribution >= 0.6 is 0 Å². The van der Waals surface area contributed by atoms with Crippen molar-refractivity contribution >= 4 is 11.9 Å². The molecule has 0 saturated heterocycles. The molecule has 0 radical (unpaired) electrons. The van der Waals surface area contributed by atoms with E-state index >= 15 is 0 Å². The lowest BCUT2D eigenvalue weighted by Crippen LogP contribution is -2.39. The summed E-state index contributed by atoms with van der Waals surface area (Å²) in [6.45, 7) is 7.28. The van der Waals surface area contributed by atoms with Crippen LogP contribution in [0.1, 0.15) is 25.8 Å². The summed E-state index contributed by atoms with van der Waals surface area (Å²) in [7, 11) is 2.44. The van der Waals surface area contributed by atoms with E-state index in [0.717, 1.165) is 6.42 Å². The Morgan fingerprint density at radius 2 is 1.59 bits per heavy atom. The first kappa shape index (κ1) is 17.8. The van der Waals surface area contributed by atoms with Crippen LogP contribution in [0.25, 0.3) is 0 Å². The monoisotopic (exact) mass is 306 g/mol. The standard InChI is InChI=1S/C17H22O5/c1-6-13-7-9-14(10-8-13)22-12(2)11-17(3,15(18)20-4)16(19)21-5/h7-10H,2,6,11H2,1,3-5H3. The zero-order valence-electron chi connectivity index (χ0n) is 13.5. The molecule has 0 aliphatic heterocycles. The van der Waals surface area contributed by atoms with Crippen LogP contribution in [-0.4, -0.2) is 26.2 Å². The molecule has 0 atom stereocenters. The molecule has 0 N–H and O–H groups in total. The molecule has 5 nitrogen and oxygen atoms in total. The lowest BCUT2D eigenvalue weighted by Gasteiger charge is -2.24. The third-order valence-electron chi connectivity index (χ3n) is 3.42. The van der Waals surface area contributed by atoms with Gasteiger partial charge in [-0.15, -0.1) is 0 Å². The van der Waals surface area contributed by atoms with E-state index in [1.165, 1.54) is 26.7 Å². The van der Waals surface area contributed by atoms with Gasteiger partial charge in [-0.05, 0) is 31.0 Å². The van der Waals surface area contributed by atoms with Gasteiger partial charge < -0.3 is 14.2 Å². The summed E-state index contributed by atoms with van der Waals surface area (Å²) in [5, 5.41) is 0. The number of hydrogen-bond donors (Lipinski definition) is 0. The van der Waals surface area contributed by atoms with E-state index in [4.69, 9.17) is 4.74 Å². The third-order valence-corrected chi connectivity index (χ3v) is 3.42. The zero-order chi connectivity index (χ0) is 16.8. The molecule has 1 aromatic rings. The molecule has 0 bridgehead atoms. The summed E-state index contributed by atoms with van der Waals surface area (Å²) in [5.41, 5.74) is -0.295. The molecule has 1 aromatic carbocycles.